The van der Waals surface area contributed by atoms with Gasteiger partial charge in [-0.2, -0.15) is 5.10 Å². The predicted octanol–water partition coefficient (Wildman–Crippen LogP) is 6.98. The van der Waals surface area contributed by atoms with E-state index in [1.54, 1.807) is 42.5 Å². The van der Waals surface area contributed by atoms with Gasteiger partial charge in [-0.05, 0) is 70.4 Å². The molecule has 4 aromatic carbocycles. The second-order valence-corrected chi connectivity index (χ2v) is 9.35. The molecule has 0 fully saturated rings. The Labute approximate surface area is 233 Å². The fourth-order valence-corrected chi connectivity index (χ4v) is 4.63. The monoisotopic (exact) mass is 581 g/mol. The molecule has 0 atom stereocenters. The van der Waals surface area contributed by atoms with Gasteiger partial charge in [0.15, 0.2) is 11.5 Å². The first-order valence-corrected chi connectivity index (χ1v) is 13.1. The second kappa shape index (κ2) is 11.8. The highest BCUT2D eigenvalue weighted by atomic mass is 79.9. The number of fused-ring (bicyclic) bond motifs is 1. The van der Waals surface area contributed by atoms with Crippen LogP contribution in [-0.4, -0.2) is 29.7 Å². The molecular formula is C31H24BrN3O4. The Balaban J connectivity index is 1.37. The summed E-state index contributed by atoms with van der Waals surface area (Å²) in [6, 6.07) is 29.3. The zero-order valence-electron chi connectivity index (χ0n) is 21.0. The lowest BCUT2D eigenvalue weighted by Crippen LogP contribution is -2.18. The van der Waals surface area contributed by atoms with Gasteiger partial charge in [0.25, 0.3) is 5.91 Å². The number of aromatic nitrogens is 1. The normalized spacial score (nSPS) is 11.0. The van der Waals surface area contributed by atoms with E-state index in [4.69, 9.17) is 9.47 Å². The summed E-state index contributed by atoms with van der Waals surface area (Å²) in [7, 11) is 0. The molecule has 0 radical (unpaired) electrons. The number of carbonyl (C=O) groups is 2. The molecule has 5 rings (SSSR count). The SMILES string of the molecule is CCOc1cc(C=NNC(=O)c2[nH]c3c(Br)cccc3c2-c2ccccc2)ccc1OC(=O)c1ccccc1. The van der Waals surface area contributed by atoms with E-state index < -0.39 is 5.97 Å². The highest BCUT2D eigenvalue weighted by Crippen LogP contribution is 2.35. The van der Waals surface area contributed by atoms with Crippen LogP contribution in [0.4, 0.5) is 0 Å². The van der Waals surface area contributed by atoms with Crippen LogP contribution in [0.25, 0.3) is 22.0 Å². The summed E-state index contributed by atoms with van der Waals surface area (Å²) in [5, 5.41) is 5.09. The quantitative estimate of drug-likeness (QED) is 0.0894. The number of hydrogen-bond acceptors (Lipinski definition) is 5. The molecule has 194 valence electrons. The average molecular weight is 582 g/mol. The lowest BCUT2D eigenvalue weighted by molar-refractivity contribution is 0.0728. The molecule has 0 unspecified atom stereocenters. The van der Waals surface area contributed by atoms with Crippen LogP contribution in [0.15, 0.2) is 107 Å². The summed E-state index contributed by atoms with van der Waals surface area (Å²) in [4.78, 5) is 29.0. The largest absolute Gasteiger partial charge is 0.490 e. The summed E-state index contributed by atoms with van der Waals surface area (Å²) < 4.78 is 12.1. The van der Waals surface area contributed by atoms with Gasteiger partial charge in [0, 0.05) is 15.4 Å². The third-order valence-electron chi connectivity index (χ3n) is 5.93. The predicted molar refractivity (Wildman–Crippen MR) is 156 cm³/mol. The van der Waals surface area contributed by atoms with Crippen molar-refractivity contribution in [2.45, 2.75) is 6.92 Å². The molecule has 0 spiro atoms. The number of rotatable bonds is 8. The maximum Gasteiger partial charge on any atom is 0.343 e. The van der Waals surface area contributed by atoms with E-state index in [1.165, 1.54) is 6.21 Å². The third kappa shape index (κ3) is 5.76. The van der Waals surface area contributed by atoms with E-state index in [-0.39, 0.29) is 5.91 Å². The number of aromatic amines is 1. The summed E-state index contributed by atoms with van der Waals surface area (Å²) >= 11 is 3.57. The van der Waals surface area contributed by atoms with E-state index in [2.05, 4.69) is 31.4 Å². The van der Waals surface area contributed by atoms with Gasteiger partial charge in [-0.15, -0.1) is 0 Å². The third-order valence-corrected chi connectivity index (χ3v) is 6.59. The first-order valence-electron chi connectivity index (χ1n) is 12.3. The topological polar surface area (TPSA) is 92.8 Å². The number of carbonyl (C=O) groups excluding carboxylic acids is 2. The van der Waals surface area contributed by atoms with Gasteiger partial charge in [0.2, 0.25) is 0 Å². The highest BCUT2D eigenvalue weighted by molar-refractivity contribution is 9.10. The number of para-hydroxylation sites is 1. The van der Waals surface area contributed by atoms with Crippen LogP contribution in [-0.2, 0) is 0 Å². The Morgan fingerprint density at radius 1 is 0.923 bits per heavy atom. The first kappa shape index (κ1) is 25.9. The van der Waals surface area contributed by atoms with Crippen molar-refractivity contribution in [3.63, 3.8) is 0 Å². The van der Waals surface area contributed by atoms with Crippen LogP contribution in [0.3, 0.4) is 0 Å². The van der Waals surface area contributed by atoms with Gasteiger partial charge in [-0.25, -0.2) is 10.2 Å². The van der Waals surface area contributed by atoms with E-state index in [0.29, 0.717) is 34.9 Å². The van der Waals surface area contributed by atoms with Crippen molar-refractivity contribution in [1.29, 1.82) is 0 Å². The van der Waals surface area contributed by atoms with Crippen LogP contribution in [0, 0.1) is 0 Å². The standard InChI is InChI=1S/C31H24BrN3O4/c1-2-38-26-18-20(16-17-25(26)39-31(37)22-12-7-4-8-13-22)19-33-35-30(36)29-27(21-10-5-3-6-11-21)23-14-9-15-24(32)28(23)34-29/h3-19,34H,2H2,1H3,(H,35,36). The molecule has 7 nitrogen and oxygen atoms in total. The number of nitrogens with one attached hydrogen (secondary N) is 2. The van der Waals surface area contributed by atoms with E-state index in [0.717, 1.165) is 26.5 Å². The molecule has 8 heteroatoms. The minimum Gasteiger partial charge on any atom is -0.490 e. The number of benzene rings is 4. The van der Waals surface area contributed by atoms with Crippen molar-refractivity contribution < 1.29 is 19.1 Å². The van der Waals surface area contributed by atoms with Crippen LogP contribution in [0.5, 0.6) is 11.5 Å². The first-order chi connectivity index (χ1) is 19.0. The molecule has 0 aliphatic rings. The van der Waals surface area contributed by atoms with Crippen molar-refractivity contribution in [3.8, 4) is 22.6 Å². The maximum atomic E-state index is 13.2. The Morgan fingerprint density at radius 3 is 2.41 bits per heavy atom. The number of halogens is 1. The molecule has 0 aliphatic carbocycles. The number of ether oxygens (including phenoxy) is 2. The number of H-pyrrole nitrogens is 1. The van der Waals surface area contributed by atoms with E-state index >= 15 is 0 Å². The molecule has 0 bridgehead atoms. The minimum atomic E-state index is -0.482. The number of esters is 1. The van der Waals surface area contributed by atoms with Crippen molar-refractivity contribution in [2.24, 2.45) is 5.10 Å². The molecule has 1 amide bonds. The molecule has 39 heavy (non-hydrogen) atoms. The van der Waals surface area contributed by atoms with Crippen molar-refractivity contribution in [3.05, 3.63) is 118 Å². The molecule has 0 saturated carbocycles. The zero-order valence-corrected chi connectivity index (χ0v) is 22.6. The average Bonchev–Trinajstić information content (AvgIpc) is 3.36. The summed E-state index contributed by atoms with van der Waals surface area (Å²) in [5.74, 6) is -0.178. The van der Waals surface area contributed by atoms with Gasteiger partial charge < -0.3 is 14.5 Å². The Kier molecular flexibility index (Phi) is 7.84. The lowest BCUT2D eigenvalue weighted by atomic mass is 10.0. The number of nitrogens with zero attached hydrogens (tertiary/aromatic N) is 1. The fraction of sp³-hybridized carbons (Fsp3) is 0.0645. The molecule has 1 aromatic heterocycles. The van der Waals surface area contributed by atoms with Crippen LogP contribution < -0.4 is 14.9 Å². The van der Waals surface area contributed by atoms with E-state index in [9.17, 15) is 9.59 Å². The van der Waals surface area contributed by atoms with Gasteiger partial charge in [-0.1, -0.05) is 60.7 Å². The number of hydrazone groups is 1. The van der Waals surface area contributed by atoms with Crippen molar-refractivity contribution in [2.75, 3.05) is 6.61 Å². The molecule has 0 saturated heterocycles. The molecule has 5 aromatic rings. The van der Waals surface area contributed by atoms with Crippen molar-refractivity contribution >= 4 is 44.9 Å². The Morgan fingerprint density at radius 2 is 1.67 bits per heavy atom. The number of hydrogen-bond donors (Lipinski definition) is 2. The number of amides is 1. The van der Waals surface area contributed by atoms with Crippen molar-refractivity contribution in [1.82, 2.24) is 10.4 Å². The van der Waals surface area contributed by atoms with Crippen LogP contribution in [0.1, 0.15) is 33.3 Å². The Bertz CT molecular complexity index is 1660. The van der Waals surface area contributed by atoms with Gasteiger partial charge >= 0.3 is 5.97 Å². The van der Waals surface area contributed by atoms with E-state index in [1.807, 2.05) is 61.5 Å². The van der Waals surface area contributed by atoms with Gasteiger partial charge in [0.1, 0.15) is 5.69 Å². The van der Waals surface area contributed by atoms with Gasteiger partial charge in [0.05, 0.1) is 23.9 Å². The molecule has 2 N–H and O–H groups in total. The Hall–Kier alpha value is -4.69. The minimum absolute atomic E-state index is 0.294. The molecule has 1 heterocycles. The second-order valence-electron chi connectivity index (χ2n) is 8.50. The molecular weight excluding hydrogens is 558 g/mol. The van der Waals surface area contributed by atoms with Gasteiger partial charge in [-0.3, -0.25) is 4.79 Å². The summed E-state index contributed by atoms with van der Waals surface area (Å²) in [6.07, 6.45) is 1.50. The smallest absolute Gasteiger partial charge is 0.343 e. The highest BCUT2D eigenvalue weighted by Gasteiger charge is 2.20. The molecule has 0 aliphatic heterocycles. The van der Waals surface area contributed by atoms with Crippen LogP contribution in [0.2, 0.25) is 0 Å². The summed E-state index contributed by atoms with van der Waals surface area (Å²) in [5.41, 5.74) is 6.64. The zero-order chi connectivity index (χ0) is 27.2. The lowest BCUT2D eigenvalue weighted by Gasteiger charge is -2.11. The maximum absolute atomic E-state index is 13.2. The summed E-state index contributed by atoms with van der Waals surface area (Å²) in [6.45, 7) is 2.22. The fourth-order valence-electron chi connectivity index (χ4n) is 4.17. The van der Waals surface area contributed by atoms with Crippen LogP contribution >= 0.6 is 15.9 Å².